The van der Waals surface area contributed by atoms with Gasteiger partial charge in [-0.15, -0.1) is 0 Å². The molecule has 0 aliphatic carbocycles. The molecule has 0 saturated heterocycles. The lowest BCUT2D eigenvalue weighted by Crippen LogP contribution is -2.30. The van der Waals surface area contributed by atoms with E-state index in [9.17, 15) is 9.59 Å². The number of amides is 1. The Morgan fingerprint density at radius 2 is 1.88 bits per heavy atom. The smallest absolute Gasteiger partial charge is 0.343 e. The molecule has 0 radical (unpaired) electrons. The monoisotopic (exact) mass is 455 g/mol. The lowest BCUT2D eigenvalue weighted by molar-refractivity contribution is -0.123. The van der Waals surface area contributed by atoms with E-state index in [2.05, 4.69) is 10.4 Å². The van der Waals surface area contributed by atoms with Crippen molar-refractivity contribution in [1.82, 2.24) is 9.78 Å². The molecule has 0 saturated carbocycles. The van der Waals surface area contributed by atoms with Crippen molar-refractivity contribution >= 4 is 29.2 Å². The van der Waals surface area contributed by atoms with Crippen molar-refractivity contribution in [2.75, 3.05) is 12.1 Å². The molecule has 1 aliphatic rings. The Morgan fingerprint density at radius 1 is 1.16 bits per heavy atom. The number of nitrogens with one attached hydrogen (secondary N) is 1. The number of halogens is 1. The number of aromatic nitrogens is 2. The van der Waals surface area contributed by atoms with Crippen molar-refractivity contribution in [1.29, 1.82) is 0 Å². The van der Waals surface area contributed by atoms with Crippen LogP contribution in [0, 0.1) is 13.8 Å². The fraction of sp³-hybridized carbons (Fsp3) is 0.261. The second kappa shape index (κ2) is 8.92. The zero-order chi connectivity index (χ0) is 22.8. The molecule has 1 unspecified atom stereocenters. The van der Waals surface area contributed by atoms with Gasteiger partial charge in [0, 0.05) is 11.8 Å². The Morgan fingerprint density at radius 3 is 2.62 bits per heavy atom. The Hall–Kier alpha value is -3.52. The minimum absolute atomic E-state index is 0.137. The molecule has 8 nitrogen and oxygen atoms in total. The summed E-state index contributed by atoms with van der Waals surface area (Å²) in [7, 11) is 0. The van der Waals surface area contributed by atoms with Crippen molar-refractivity contribution in [2.24, 2.45) is 0 Å². The number of ether oxygens (including phenoxy) is 3. The average molecular weight is 456 g/mol. The number of hydrogen-bond donors (Lipinski definition) is 1. The summed E-state index contributed by atoms with van der Waals surface area (Å²) in [6, 6.07) is 13.0. The van der Waals surface area contributed by atoms with Gasteiger partial charge in [0.1, 0.15) is 10.7 Å². The number of benzene rings is 2. The van der Waals surface area contributed by atoms with E-state index in [1.165, 1.54) is 11.6 Å². The van der Waals surface area contributed by atoms with Gasteiger partial charge in [-0.3, -0.25) is 4.79 Å². The van der Waals surface area contributed by atoms with Gasteiger partial charge in [-0.2, -0.15) is 5.10 Å². The van der Waals surface area contributed by atoms with Crippen LogP contribution in [0.15, 0.2) is 42.5 Å². The minimum atomic E-state index is -1.05. The molecule has 2 heterocycles. The Bertz CT molecular complexity index is 1170. The second-order valence-electron chi connectivity index (χ2n) is 7.50. The molecule has 1 amide bonds. The number of fused-ring (bicyclic) bond motifs is 1. The summed E-state index contributed by atoms with van der Waals surface area (Å²) >= 11 is 6.43. The average Bonchev–Trinajstić information content (AvgIpc) is 3.33. The molecule has 2 aromatic carbocycles. The number of esters is 1. The summed E-state index contributed by atoms with van der Waals surface area (Å²) < 4.78 is 17.4. The highest BCUT2D eigenvalue weighted by Crippen LogP contribution is 2.34. The minimum Gasteiger partial charge on any atom is -0.454 e. The molecule has 0 fully saturated rings. The van der Waals surface area contributed by atoms with Crippen LogP contribution in [0.1, 0.15) is 34.1 Å². The quantitative estimate of drug-likeness (QED) is 0.562. The third-order valence-electron chi connectivity index (χ3n) is 5.02. The molecular formula is C23H22ClN3O5. The maximum atomic E-state index is 12.7. The first-order valence-corrected chi connectivity index (χ1v) is 10.4. The molecule has 166 valence electrons. The Kier molecular flexibility index (Phi) is 6.05. The van der Waals surface area contributed by atoms with E-state index in [1.807, 2.05) is 31.2 Å². The summed E-state index contributed by atoms with van der Waals surface area (Å²) in [5.41, 5.74) is 3.21. The van der Waals surface area contributed by atoms with Gasteiger partial charge in [0.15, 0.2) is 17.6 Å². The zero-order valence-corrected chi connectivity index (χ0v) is 18.6. The van der Waals surface area contributed by atoms with E-state index in [4.69, 9.17) is 25.8 Å². The van der Waals surface area contributed by atoms with Gasteiger partial charge in [-0.1, -0.05) is 41.4 Å². The number of nitrogens with zero attached hydrogens (tertiary/aromatic N) is 2. The lowest BCUT2D eigenvalue weighted by atomic mass is 10.1. The predicted octanol–water partition coefficient (Wildman–Crippen LogP) is 4.11. The number of aryl methyl sites for hydroxylation is 2. The highest BCUT2D eigenvalue weighted by molar-refractivity contribution is 6.32. The highest BCUT2D eigenvalue weighted by atomic mass is 35.5. The van der Waals surface area contributed by atoms with E-state index >= 15 is 0 Å². The summed E-state index contributed by atoms with van der Waals surface area (Å²) in [5.74, 6) is -0.0554. The van der Waals surface area contributed by atoms with E-state index in [0.29, 0.717) is 29.4 Å². The largest absolute Gasteiger partial charge is 0.454 e. The fourth-order valence-electron chi connectivity index (χ4n) is 3.25. The molecule has 1 atom stereocenters. The molecule has 0 bridgehead atoms. The standard InChI is InChI=1S/C23H22ClN3O5/c1-13-4-6-16(7-5-13)11-27-21(24)20(14(2)26-27)23(29)32-15(3)22(28)25-17-8-9-18-19(10-17)31-12-30-18/h4-10,15H,11-12H2,1-3H3,(H,25,28). The van der Waals surface area contributed by atoms with Crippen LogP contribution in [0.5, 0.6) is 11.5 Å². The predicted molar refractivity (Wildman–Crippen MR) is 118 cm³/mol. The molecule has 32 heavy (non-hydrogen) atoms. The maximum Gasteiger partial charge on any atom is 0.343 e. The first kappa shape index (κ1) is 21.7. The molecule has 1 N–H and O–H groups in total. The Labute approximate surface area is 190 Å². The molecule has 1 aromatic heterocycles. The molecule has 9 heteroatoms. The van der Waals surface area contributed by atoms with Crippen LogP contribution in [0.4, 0.5) is 5.69 Å². The number of carbonyl (C=O) groups excluding carboxylic acids is 2. The number of rotatable bonds is 6. The topological polar surface area (TPSA) is 91.7 Å². The van der Waals surface area contributed by atoms with Crippen LogP contribution in [0.25, 0.3) is 0 Å². The fourth-order valence-corrected chi connectivity index (χ4v) is 3.56. The lowest BCUT2D eigenvalue weighted by Gasteiger charge is -2.14. The van der Waals surface area contributed by atoms with Crippen LogP contribution < -0.4 is 14.8 Å². The second-order valence-corrected chi connectivity index (χ2v) is 7.86. The van der Waals surface area contributed by atoms with E-state index in [-0.39, 0.29) is 17.5 Å². The van der Waals surface area contributed by atoms with Gasteiger partial charge in [-0.25, -0.2) is 9.48 Å². The molecule has 4 rings (SSSR count). The third-order valence-corrected chi connectivity index (χ3v) is 5.40. The van der Waals surface area contributed by atoms with Crippen LogP contribution >= 0.6 is 11.6 Å². The summed E-state index contributed by atoms with van der Waals surface area (Å²) in [6.45, 7) is 5.71. The van der Waals surface area contributed by atoms with Crippen LogP contribution in [-0.2, 0) is 16.1 Å². The Balaban J connectivity index is 1.42. The SMILES string of the molecule is Cc1ccc(Cn2nc(C)c(C(=O)OC(C)C(=O)Nc3ccc4c(c3)OCO4)c2Cl)cc1. The van der Waals surface area contributed by atoms with E-state index < -0.39 is 18.0 Å². The number of anilines is 1. The third kappa shape index (κ3) is 4.55. The summed E-state index contributed by atoms with van der Waals surface area (Å²) in [5, 5.41) is 7.22. The van der Waals surface area contributed by atoms with Gasteiger partial charge in [-0.05, 0) is 38.5 Å². The molecule has 3 aromatic rings. The first-order valence-electron chi connectivity index (χ1n) is 10.0. The molecule has 1 aliphatic heterocycles. The maximum absolute atomic E-state index is 12.7. The molecule has 0 spiro atoms. The van der Waals surface area contributed by atoms with Gasteiger partial charge in [0.2, 0.25) is 6.79 Å². The van der Waals surface area contributed by atoms with Crippen molar-refractivity contribution in [2.45, 2.75) is 33.4 Å². The van der Waals surface area contributed by atoms with Gasteiger partial charge in [0.25, 0.3) is 5.91 Å². The van der Waals surface area contributed by atoms with Crippen molar-refractivity contribution in [3.63, 3.8) is 0 Å². The van der Waals surface area contributed by atoms with Crippen molar-refractivity contribution in [3.05, 3.63) is 70.0 Å². The zero-order valence-electron chi connectivity index (χ0n) is 17.8. The normalized spacial score (nSPS) is 13.0. The van der Waals surface area contributed by atoms with Crippen LogP contribution in [0.2, 0.25) is 5.15 Å². The van der Waals surface area contributed by atoms with Gasteiger partial charge < -0.3 is 19.5 Å². The first-order chi connectivity index (χ1) is 15.3. The summed E-state index contributed by atoms with van der Waals surface area (Å²) in [6.07, 6.45) is -1.05. The van der Waals surface area contributed by atoms with Gasteiger partial charge in [0.05, 0.1) is 12.2 Å². The number of hydrogen-bond acceptors (Lipinski definition) is 6. The number of carbonyl (C=O) groups is 2. The van der Waals surface area contributed by atoms with Gasteiger partial charge >= 0.3 is 5.97 Å². The summed E-state index contributed by atoms with van der Waals surface area (Å²) in [4.78, 5) is 25.2. The van der Waals surface area contributed by atoms with Crippen molar-refractivity contribution in [3.8, 4) is 11.5 Å². The highest BCUT2D eigenvalue weighted by Gasteiger charge is 2.26. The van der Waals surface area contributed by atoms with Crippen LogP contribution in [0.3, 0.4) is 0 Å². The van der Waals surface area contributed by atoms with Crippen molar-refractivity contribution < 1.29 is 23.8 Å². The van der Waals surface area contributed by atoms with E-state index in [1.54, 1.807) is 25.1 Å². The van der Waals surface area contributed by atoms with Crippen LogP contribution in [-0.4, -0.2) is 34.6 Å². The van der Waals surface area contributed by atoms with E-state index in [0.717, 1.165) is 11.1 Å². The molecular weight excluding hydrogens is 434 g/mol.